The van der Waals surface area contributed by atoms with Crippen molar-refractivity contribution in [3.8, 4) is 12.3 Å². The number of hydrogen-bond donors (Lipinski definition) is 0. The van der Waals surface area contributed by atoms with Crippen LogP contribution in [0.2, 0.25) is 0 Å². The van der Waals surface area contributed by atoms with E-state index in [0.717, 1.165) is 0 Å². The summed E-state index contributed by atoms with van der Waals surface area (Å²) in [7, 11) is 0. The highest BCUT2D eigenvalue weighted by Crippen LogP contribution is 2.17. The average Bonchev–Trinajstić information content (AvgIpc) is 2.14. The topological polar surface area (TPSA) is 38.8 Å². The lowest BCUT2D eigenvalue weighted by molar-refractivity contribution is -0.0530. The molecular formula is C12H19NO3. The predicted octanol–water partition coefficient (Wildman–Crippen LogP) is 1.64. The molecule has 1 amide bonds. The molecule has 0 saturated carbocycles. The molecule has 4 heteroatoms. The van der Waals surface area contributed by atoms with Gasteiger partial charge in [0.2, 0.25) is 0 Å². The zero-order valence-electron chi connectivity index (χ0n) is 10.3. The summed E-state index contributed by atoms with van der Waals surface area (Å²) in [6.45, 7) is 8.34. The van der Waals surface area contributed by atoms with Crippen molar-refractivity contribution in [3.05, 3.63) is 0 Å². The van der Waals surface area contributed by atoms with Gasteiger partial charge in [-0.3, -0.25) is 4.90 Å². The van der Waals surface area contributed by atoms with Crippen LogP contribution in [0.15, 0.2) is 0 Å². The van der Waals surface area contributed by atoms with E-state index in [1.807, 2.05) is 27.7 Å². The van der Waals surface area contributed by atoms with Crippen LogP contribution in [0.3, 0.4) is 0 Å². The van der Waals surface area contributed by atoms with Gasteiger partial charge >= 0.3 is 6.09 Å². The second-order valence-electron chi connectivity index (χ2n) is 4.86. The average molecular weight is 225 g/mol. The second-order valence-corrected chi connectivity index (χ2v) is 4.86. The number of rotatable bonds is 0. The van der Waals surface area contributed by atoms with E-state index in [1.54, 1.807) is 4.90 Å². The van der Waals surface area contributed by atoms with E-state index < -0.39 is 5.60 Å². The van der Waals surface area contributed by atoms with Gasteiger partial charge < -0.3 is 9.47 Å². The molecule has 16 heavy (non-hydrogen) atoms. The Morgan fingerprint density at radius 2 is 2.19 bits per heavy atom. The molecule has 1 fully saturated rings. The van der Waals surface area contributed by atoms with Crippen LogP contribution in [-0.2, 0) is 9.47 Å². The molecule has 0 unspecified atom stereocenters. The van der Waals surface area contributed by atoms with Crippen LogP contribution in [-0.4, -0.2) is 41.9 Å². The Labute approximate surface area is 96.9 Å². The number of carbonyl (C=O) groups is 1. The normalized spacial score (nSPS) is 26.1. The van der Waals surface area contributed by atoms with Crippen molar-refractivity contribution < 1.29 is 14.3 Å². The molecule has 1 heterocycles. The zero-order chi connectivity index (χ0) is 12.3. The Balaban J connectivity index is 2.71. The molecule has 90 valence electrons. The van der Waals surface area contributed by atoms with Gasteiger partial charge in [0, 0.05) is 6.54 Å². The van der Waals surface area contributed by atoms with Crippen LogP contribution in [0, 0.1) is 12.3 Å². The van der Waals surface area contributed by atoms with E-state index in [-0.39, 0.29) is 18.2 Å². The van der Waals surface area contributed by atoms with Crippen LogP contribution < -0.4 is 0 Å². The summed E-state index contributed by atoms with van der Waals surface area (Å²) in [5.41, 5.74) is -0.502. The first-order valence-electron chi connectivity index (χ1n) is 5.42. The Bertz CT molecular complexity index is 300. The highest BCUT2D eigenvalue weighted by atomic mass is 16.6. The molecule has 1 aliphatic rings. The third-order valence-corrected chi connectivity index (χ3v) is 2.29. The Hall–Kier alpha value is -1.21. The maximum Gasteiger partial charge on any atom is 0.411 e. The summed E-state index contributed by atoms with van der Waals surface area (Å²) in [5, 5.41) is 0. The van der Waals surface area contributed by atoms with Crippen LogP contribution in [0.1, 0.15) is 27.7 Å². The maximum absolute atomic E-state index is 11.9. The molecule has 1 aliphatic heterocycles. The predicted molar refractivity (Wildman–Crippen MR) is 61.0 cm³/mol. The summed E-state index contributed by atoms with van der Waals surface area (Å²) in [6, 6.07) is -0.344. The van der Waals surface area contributed by atoms with Gasteiger partial charge in [0.05, 0.1) is 12.7 Å². The minimum atomic E-state index is -0.502. The molecule has 0 aromatic rings. The fourth-order valence-corrected chi connectivity index (χ4v) is 1.57. The van der Waals surface area contributed by atoms with E-state index in [2.05, 4.69) is 5.92 Å². The molecule has 0 aliphatic carbocycles. The van der Waals surface area contributed by atoms with Crippen LogP contribution in [0.25, 0.3) is 0 Å². The molecule has 0 radical (unpaired) electrons. The Morgan fingerprint density at radius 3 is 2.69 bits per heavy atom. The second kappa shape index (κ2) is 4.75. The van der Waals surface area contributed by atoms with Crippen molar-refractivity contribution in [2.24, 2.45) is 0 Å². The molecule has 0 spiro atoms. The van der Waals surface area contributed by atoms with Crippen LogP contribution in [0.5, 0.6) is 0 Å². The standard InChI is InChI=1S/C12H19NO3/c1-6-10-9(2)15-8-7-13(10)11(14)16-12(3,4)5/h1,9-10H,7-8H2,2-5H3/t9-,10-/m1/s1. The molecular weight excluding hydrogens is 206 g/mol. The van der Waals surface area contributed by atoms with Gasteiger partial charge in [0.15, 0.2) is 0 Å². The van der Waals surface area contributed by atoms with E-state index in [0.29, 0.717) is 13.2 Å². The molecule has 1 rings (SSSR count). The molecule has 0 N–H and O–H groups in total. The van der Waals surface area contributed by atoms with Gasteiger partial charge in [-0.2, -0.15) is 0 Å². The minimum absolute atomic E-state index is 0.147. The van der Waals surface area contributed by atoms with E-state index >= 15 is 0 Å². The number of terminal acetylenes is 1. The Morgan fingerprint density at radius 1 is 1.56 bits per heavy atom. The first kappa shape index (κ1) is 12.9. The molecule has 4 nitrogen and oxygen atoms in total. The van der Waals surface area contributed by atoms with E-state index in [4.69, 9.17) is 15.9 Å². The third-order valence-electron chi connectivity index (χ3n) is 2.29. The number of morpholine rings is 1. The van der Waals surface area contributed by atoms with Gasteiger partial charge in [-0.05, 0) is 27.7 Å². The fraction of sp³-hybridized carbons (Fsp3) is 0.750. The van der Waals surface area contributed by atoms with Crippen molar-refractivity contribution in [2.75, 3.05) is 13.2 Å². The van der Waals surface area contributed by atoms with Crippen molar-refractivity contribution >= 4 is 6.09 Å². The first-order valence-corrected chi connectivity index (χ1v) is 5.42. The lowest BCUT2D eigenvalue weighted by atomic mass is 10.1. The number of carbonyl (C=O) groups excluding carboxylic acids is 1. The quantitative estimate of drug-likeness (QED) is 0.588. The third kappa shape index (κ3) is 3.14. The number of ether oxygens (including phenoxy) is 2. The van der Waals surface area contributed by atoms with Crippen molar-refractivity contribution in [1.82, 2.24) is 4.90 Å². The summed E-state index contributed by atoms with van der Waals surface area (Å²) in [4.78, 5) is 13.4. The molecule has 0 aromatic heterocycles. The number of hydrogen-bond acceptors (Lipinski definition) is 3. The summed E-state index contributed by atoms with van der Waals surface area (Å²) in [5.74, 6) is 2.57. The van der Waals surface area contributed by atoms with Gasteiger partial charge in [-0.15, -0.1) is 6.42 Å². The number of nitrogens with zero attached hydrogens (tertiary/aromatic N) is 1. The molecule has 0 aromatic carbocycles. The van der Waals surface area contributed by atoms with Crippen molar-refractivity contribution in [2.45, 2.75) is 45.4 Å². The highest BCUT2D eigenvalue weighted by molar-refractivity contribution is 5.69. The lowest BCUT2D eigenvalue weighted by Crippen LogP contribution is -2.53. The van der Waals surface area contributed by atoms with E-state index in [1.165, 1.54) is 0 Å². The van der Waals surface area contributed by atoms with Gasteiger partial charge in [-0.25, -0.2) is 4.79 Å². The van der Waals surface area contributed by atoms with Crippen molar-refractivity contribution in [1.29, 1.82) is 0 Å². The largest absolute Gasteiger partial charge is 0.444 e. The zero-order valence-corrected chi connectivity index (χ0v) is 10.3. The van der Waals surface area contributed by atoms with Crippen LogP contribution >= 0.6 is 0 Å². The monoisotopic (exact) mass is 225 g/mol. The first-order chi connectivity index (χ1) is 7.35. The molecule has 1 saturated heterocycles. The van der Waals surface area contributed by atoms with Crippen molar-refractivity contribution in [3.63, 3.8) is 0 Å². The van der Waals surface area contributed by atoms with Gasteiger partial charge in [0.25, 0.3) is 0 Å². The Kier molecular flexibility index (Phi) is 3.82. The lowest BCUT2D eigenvalue weighted by Gasteiger charge is -2.37. The SMILES string of the molecule is C#C[C@@H]1[C@@H](C)OCCN1C(=O)OC(C)(C)C. The summed E-state index contributed by atoms with van der Waals surface area (Å²) < 4.78 is 10.7. The molecule has 0 bridgehead atoms. The van der Waals surface area contributed by atoms with E-state index in [9.17, 15) is 4.79 Å². The molecule has 2 atom stereocenters. The number of amides is 1. The fourth-order valence-electron chi connectivity index (χ4n) is 1.57. The van der Waals surface area contributed by atoms with Crippen LogP contribution in [0.4, 0.5) is 4.79 Å². The smallest absolute Gasteiger partial charge is 0.411 e. The summed E-state index contributed by atoms with van der Waals surface area (Å²) >= 11 is 0. The maximum atomic E-state index is 11.9. The van der Waals surface area contributed by atoms with Gasteiger partial charge in [-0.1, -0.05) is 5.92 Å². The minimum Gasteiger partial charge on any atom is -0.444 e. The van der Waals surface area contributed by atoms with Gasteiger partial charge in [0.1, 0.15) is 11.6 Å². The summed E-state index contributed by atoms with van der Waals surface area (Å²) in [6.07, 6.45) is 4.89. The highest BCUT2D eigenvalue weighted by Gasteiger charge is 2.33.